The van der Waals surface area contributed by atoms with E-state index in [2.05, 4.69) is 0 Å². The molecule has 0 aliphatic carbocycles. The fourth-order valence-electron chi connectivity index (χ4n) is 3.16. The van der Waals surface area contributed by atoms with Crippen molar-refractivity contribution in [3.05, 3.63) is 71.5 Å². The Hall–Kier alpha value is -2.04. The zero-order valence-corrected chi connectivity index (χ0v) is 13.4. The first-order valence-electron chi connectivity index (χ1n) is 8.25. The molecule has 24 heavy (non-hydrogen) atoms. The topological polar surface area (TPSA) is 46.5 Å². The Morgan fingerprint density at radius 1 is 1.08 bits per heavy atom. The molecule has 3 rings (SSSR count). The molecule has 126 valence electrons. The summed E-state index contributed by atoms with van der Waals surface area (Å²) in [5.74, 6) is -0.275. The smallest absolute Gasteiger partial charge is 0.139 e. The highest BCUT2D eigenvalue weighted by atomic mass is 19.1. The minimum atomic E-state index is -0.465. The Morgan fingerprint density at radius 2 is 1.79 bits per heavy atom. The first-order valence-corrected chi connectivity index (χ1v) is 8.25. The second kappa shape index (κ2) is 7.69. The Balaban J connectivity index is 1.59. The van der Waals surface area contributed by atoms with Crippen molar-refractivity contribution >= 4 is 5.78 Å². The van der Waals surface area contributed by atoms with Crippen molar-refractivity contribution in [2.75, 3.05) is 0 Å². The van der Waals surface area contributed by atoms with E-state index in [0.29, 0.717) is 12.8 Å². The number of benzene rings is 2. The number of Topliss-reactive ketones (excluding diaryl/α,β-unsaturated/α-hetero) is 1. The third-order valence-corrected chi connectivity index (χ3v) is 4.32. The van der Waals surface area contributed by atoms with Crippen molar-refractivity contribution < 1.29 is 19.0 Å². The van der Waals surface area contributed by atoms with Crippen molar-refractivity contribution in [2.45, 2.75) is 44.0 Å². The fourth-order valence-corrected chi connectivity index (χ4v) is 3.16. The molecule has 0 amide bonds. The number of ketones is 1. The number of aliphatic hydroxyl groups excluding tert-OH is 1. The molecule has 0 spiro atoms. The van der Waals surface area contributed by atoms with Crippen LogP contribution in [0.25, 0.3) is 0 Å². The van der Waals surface area contributed by atoms with Gasteiger partial charge >= 0.3 is 0 Å². The summed E-state index contributed by atoms with van der Waals surface area (Å²) < 4.78 is 18.9. The van der Waals surface area contributed by atoms with Crippen LogP contribution in [0.2, 0.25) is 0 Å². The van der Waals surface area contributed by atoms with Gasteiger partial charge in [0, 0.05) is 25.7 Å². The van der Waals surface area contributed by atoms with Crippen LogP contribution < -0.4 is 0 Å². The largest absolute Gasteiger partial charge is 0.393 e. The minimum absolute atomic E-state index is 0.0347. The first kappa shape index (κ1) is 16.8. The van der Waals surface area contributed by atoms with Gasteiger partial charge in [-0.2, -0.15) is 0 Å². The van der Waals surface area contributed by atoms with Gasteiger partial charge in [0.1, 0.15) is 11.6 Å². The molecule has 1 saturated heterocycles. The molecule has 3 nitrogen and oxygen atoms in total. The van der Waals surface area contributed by atoms with Gasteiger partial charge in [0.15, 0.2) is 0 Å². The average Bonchev–Trinajstić information content (AvgIpc) is 2.57. The van der Waals surface area contributed by atoms with Crippen LogP contribution in [-0.2, 0) is 16.0 Å². The van der Waals surface area contributed by atoms with Gasteiger partial charge in [-0.05, 0) is 23.3 Å². The van der Waals surface area contributed by atoms with Crippen molar-refractivity contribution in [1.82, 2.24) is 0 Å². The number of hydrogen-bond acceptors (Lipinski definition) is 3. The van der Waals surface area contributed by atoms with Crippen LogP contribution in [-0.4, -0.2) is 23.1 Å². The Bertz CT molecular complexity index is 669. The lowest BCUT2D eigenvalue weighted by Crippen LogP contribution is -2.33. The lowest BCUT2D eigenvalue weighted by molar-refractivity contribution is -0.130. The second-order valence-corrected chi connectivity index (χ2v) is 6.33. The molecule has 1 aliphatic heterocycles. The molecule has 4 heteroatoms. The van der Waals surface area contributed by atoms with Gasteiger partial charge in [0.2, 0.25) is 0 Å². The van der Waals surface area contributed by atoms with Crippen LogP contribution in [0.1, 0.15) is 36.5 Å². The van der Waals surface area contributed by atoms with Crippen LogP contribution >= 0.6 is 0 Å². The van der Waals surface area contributed by atoms with Gasteiger partial charge < -0.3 is 9.84 Å². The monoisotopic (exact) mass is 328 g/mol. The molecule has 0 unspecified atom stereocenters. The van der Waals surface area contributed by atoms with Crippen molar-refractivity contribution in [1.29, 1.82) is 0 Å². The normalized spacial score (nSPS) is 23.8. The van der Waals surface area contributed by atoms with E-state index in [1.807, 2.05) is 30.3 Å². The fraction of sp³-hybridized carbons (Fsp3) is 0.350. The molecule has 1 heterocycles. The predicted molar refractivity (Wildman–Crippen MR) is 89.0 cm³/mol. The summed E-state index contributed by atoms with van der Waals surface area (Å²) in [7, 11) is 0. The second-order valence-electron chi connectivity index (χ2n) is 6.33. The molecule has 1 fully saturated rings. The van der Waals surface area contributed by atoms with Crippen molar-refractivity contribution in [3.8, 4) is 0 Å². The molecule has 0 radical (unpaired) electrons. The van der Waals surface area contributed by atoms with Gasteiger partial charge in [-0.25, -0.2) is 4.39 Å². The van der Waals surface area contributed by atoms with Gasteiger partial charge in [-0.1, -0.05) is 42.5 Å². The quantitative estimate of drug-likeness (QED) is 0.912. The molecule has 1 aliphatic rings. The van der Waals surface area contributed by atoms with Crippen LogP contribution in [0, 0.1) is 5.82 Å². The Morgan fingerprint density at radius 3 is 2.50 bits per heavy atom. The third-order valence-electron chi connectivity index (χ3n) is 4.32. The van der Waals surface area contributed by atoms with E-state index in [0.717, 1.165) is 11.1 Å². The highest BCUT2D eigenvalue weighted by molar-refractivity contribution is 5.81. The number of halogens is 1. The van der Waals surface area contributed by atoms with Gasteiger partial charge in [-0.15, -0.1) is 0 Å². The summed E-state index contributed by atoms with van der Waals surface area (Å²) in [6.45, 7) is 0. The first-order chi connectivity index (χ1) is 11.6. The standard InChI is InChI=1S/C20H21FO3/c21-16-8-6-14(7-9-16)10-17(22)11-19-12-18(23)13-20(24-19)15-4-2-1-3-5-15/h1-9,18-20,23H,10-13H2/t18-,19+,20+/m1/s1. The van der Waals surface area contributed by atoms with E-state index in [1.165, 1.54) is 12.1 Å². The lowest BCUT2D eigenvalue weighted by Gasteiger charge is -2.33. The highest BCUT2D eigenvalue weighted by Crippen LogP contribution is 2.32. The van der Waals surface area contributed by atoms with E-state index in [4.69, 9.17) is 4.74 Å². The summed E-state index contributed by atoms with van der Waals surface area (Å²) in [5, 5.41) is 10.1. The highest BCUT2D eigenvalue weighted by Gasteiger charge is 2.30. The maximum absolute atomic E-state index is 12.9. The molecule has 2 aromatic carbocycles. The average molecular weight is 328 g/mol. The zero-order valence-electron chi connectivity index (χ0n) is 13.4. The van der Waals surface area contributed by atoms with E-state index in [9.17, 15) is 14.3 Å². The number of aliphatic hydroxyl groups is 1. The van der Waals surface area contributed by atoms with E-state index in [1.54, 1.807) is 12.1 Å². The third kappa shape index (κ3) is 4.49. The van der Waals surface area contributed by atoms with E-state index in [-0.39, 0.29) is 36.7 Å². The Labute approximate surface area is 141 Å². The van der Waals surface area contributed by atoms with Crippen LogP contribution in [0.15, 0.2) is 54.6 Å². The van der Waals surface area contributed by atoms with Gasteiger partial charge in [0.25, 0.3) is 0 Å². The van der Waals surface area contributed by atoms with Crippen LogP contribution in [0.4, 0.5) is 4.39 Å². The summed E-state index contributed by atoms with van der Waals surface area (Å²) in [5.41, 5.74) is 1.81. The van der Waals surface area contributed by atoms with Crippen LogP contribution in [0.5, 0.6) is 0 Å². The Kier molecular flexibility index (Phi) is 5.38. The summed E-state index contributed by atoms with van der Waals surface area (Å²) in [4.78, 5) is 12.3. The SMILES string of the molecule is O=C(Cc1ccc(F)cc1)C[C@H]1C[C@@H](O)C[C@@H](c2ccccc2)O1. The van der Waals surface area contributed by atoms with Gasteiger partial charge in [0.05, 0.1) is 18.3 Å². The summed E-state index contributed by atoms with van der Waals surface area (Å²) in [6.07, 6.45) is 0.605. The van der Waals surface area contributed by atoms with Crippen molar-refractivity contribution in [2.24, 2.45) is 0 Å². The predicted octanol–water partition coefficient (Wildman–Crippen LogP) is 3.61. The number of carbonyl (C=O) groups is 1. The summed E-state index contributed by atoms with van der Waals surface area (Å²) in [6, 6.07) is 15.7. The minimum Gasteiger partial charge on any atom is -0.393 e. The molecule has 0 bridgehead atoms. The molecule has 1 N–H and O–H groups in total. The van der Waals surface area contributed by atoms with E-state index >= 15 is 0 Å². The lowest BCUT2D eigenvalue weighted by atomic mass is 9.93. The molecule has 0 aromatic heterocycles. The molecule has 3 atom stereocenters. The molecule has 2 aromatic rings. The molecular weight excluding hydrogens is 307 g/mol. The maximum Gasteiger partial charge on any atom is 0.139 e. The maximum atomic E-state index is 12.9. The molecular formula is C20H21FO3. The van der Waals surface area contributed by atoms with Crippen molar-refractivity contribution in [3.63, 3.8) is 0 Å². The number of hydrogen-bond donors (Lipinski definition) is 1. The zero-order chi connectivity index (χ0) is 16.9. The number of ether oxygens (including phenoxy) is 1. The van der Waals surface area contributed by atoms with E-state index < -0.39 is 6.10 Å². The number of rotatable bonds is 5. The van der Waals surface area contributed by atoms with Gasteiger partial charge in [-0.3, -0.25) is 4.79 Å². The molecule has 0 saturated carbocycles. The number of carbonyl (C=O) groups excluding carboxylic acids is 1. The summed E-state index contributed by atoms with van der Waals surface area (Å²) >= 11 is 0. The van der Waals surface area contributed by atoms with Crippen LogP contribution in [0.3, 0.4) is 0 Å².